The van der Waals surface area contributed by atoms with Crippen molar-refractivity contribution in [3.8, 4) is 6.07 Å². The van der Waals surface area contributed by atoms with Crippen molar-refractivity contribution >= 4 is 23.2 Å². The number of carbonyl (C=O) groups excluding carboxylic acids is 1. The minimum absolute atomic E-state index is 0.0570. The van der Waals surface area contributed by atoms with Crippen LogP contribution in [0, 0.1) is 11.3 Å². The van der Waals surface area contributed by atoms with Crippen LogP contribution in [0.15, 0.2) is 30.0 Å². The van der Waals surface area contributed by atoms with Gasteiger partial charge in [0.05, 0.1) is 16.3 Å². The Kier molecular flexibility index (Phi) is 5.22. The molecule has 0 aliphatic carbocycles. The van der Waals surface area contributed by atoms with Gasteiger partial charge >= 0.3 is 6.18 Å². The lowest BCUT2D eigenvalue weighted by Gasteiger charge is -2.12. The minimum Gasteiger partial charge on any atom is -0.382 e. The van der Waals surface area contributed by atoms with Crippen molar-refractivity contribution in [2.45, 2.75) is 6.18 Å². The topological polar surface area (TPSA) is 56.1 Å². The monoisotopic (exact) mass is 317 g/mol. The predicted molar refractivity (Wildman–Crippen MR) is 72.5 cm³/mol. The summed E-state index contributed by atoms with van der Waals surface area (Å²) in [4.78, 5) is 13.3. The lowest BCUT2D eigenvalue weighted by molar-refractivity contribution is -0.137. The van der Waals surface area contributed by atoms with E-state index in [0.717, 1.165) is 12.1 Å². The molecule has 8 heteroatoms. The van der Waals surface area contributed by atoms with Gasteiger partial charge in [0.25, 0.3) is 5.91 Å². The van der Waals surface area contributed by atoms with Gasteiger partial charge in [-0.15, -0.1) is 0 Å². The Morgan fingerprint density at radius 2 is 2.05 bits per heavy atom. The third-order valence-electron chi connectivity index (χ3n) is 2.29. The van der Waals surface area contributed by atoms with Crippen molar-refractivity contribution in [2.24, 2.45) is 0 Å². The highest BCUT2D eigenvalue weighted by Crippen LogP contribution is 2.33. The molecule has 0 saturated carbocycles. The molecule has 0 saturated heterocycles. The molecule has 21 heavy (non-hydrogen) atoms. The average Bonchev–Trinajstić information content (AvgIpc) is 2.36. The van der Waals surface area contributed by atoms with Gasteiger partial charge in [-0.3, -0.25) is 4.79 Å². The van der Waals surface area contributed by atoms with E-state index in [1.54, 1.807) is 20.2 Å². The molecular weight excluding hydrogens is 307 g/mol. The van der Waals surface area contributed by atoms with E-state index in [0.29, 0.717) is 6.07 Å². The van der Waals surface area contributed by atoms with Crippen LogP contribution in [0.4, 0.5) is 18.9 Å². The lowest BCUT2D eigenvalue weighted by atomic mass is 10.2. The van der Waals surface area contributed by atoms with Crippen LogP contribution in [-0.2, 0) is 11.0 Å². The number of hydrogen-bond donors (Lipinski definition) is 1. The fourth-order valence-electron chi connectivity index (χ4n) is 1.38. The molecule has 0 aliphatic rings. The fourth-order valence-corrected chi connectivity index (χ4v) is 1.55. The van der Waals surface area contributed by atoms with E-state index >= 15 is 0 Å². The molecule has 1 aromatic rings. The van der Waals surface area contributed by atoms with Crippen LogP contribution >= 0.6 is 11.6 Å². The second-order valence-electron chi connectivity index (χ2n) is 4.26. The molecular formula is C13H11ClF3N3O. The Labute approximate surface area is 124 Å². The Morgan fingerprint density at radius 1 is 1.43 bits per heavy atom. The molecule has 1 amide bonds. The smallest absolute Gasteiger partial charge is 0.382 e. The van der Waals surface area contributed by atoms with Gasteiger partial charge in [0.15, 0.2) is 0 Å². The molecule has 0 aromatic heterocycles. The molecule has 1 N–H and O–H groups in total. The minimum atomic E-state index is -4.55. The second kappa shape index (κ2) is 6.50. The Hall–Kier alpha value is -2.20. The molecule has 0 atom stereocenters. The van der Waals surface area contributed by atoms with Gasteiger partial charge in [0, 0.05) is 20.3 Å². The number of nitrogens with one attached hydrogen (secondary N) is 1. The summed E-state index contributed by atoms with van der Waals surface area (Å²) in [5.74, 6) is -0.840. The summed E-state index contributed by atoms with van der Waals surface area (Å²) < 4.78 is 37.8. The maximum Gasteiger partial charge on any atom is 0.416 e. The lowest BCUT2D eigenvalue weighted by Crippen LogP contribution is -2.17. The zero-order chi connectivity index (χ0) is 16.2. The van der Waals surface area contributed by atoms with Crippen LogP contribution in [0.1, 0.15) is 5.56 Å². The van der Waals surface area contributed by atoms with Crippen LogP contribution in [0.25, 0.3) is 0 Å². The number of anilines is 1. The van der Waals surface area contributed by atoms with Gasteiger partial charge in [0.2, 0.25) is 0 Å². The molecule has 0 aliphatic heterocycles. The highest BCUT2D eigenvalue weighted by Gasteiger charge is 2.31. The van der Waals surface area contributed by atoms with E-state index in [1.165, 1.54) is 11.1 Å². The van der Waals surface area contributed by atoms with E-state index in [9.17, 15) is 18.0 Å². The van der Waals surface area contributed by atoms with Crippen molar-refractivity contribution in [3.05, 3.63) is 40.6 Å². The largest absolute Gasteiger partial charge is 0.416 e. The molecule has 0 radical (unpaired) electrons. The molecule has 4 nitrogen and oxygen atoms in total. The number of hydrogen-bond acceptors (Lipinski definition) is 3. The summed E-state index contributed by atoms with van der Waals surface area (Å²) in [6.07, 6.45) is -3.31. The van der Waals surface area contributed by atoms with Crippen LogP contribution in [0.5, 0.6) is 0 Å². The van der Waals surface area contributed by atoms with Gasteiger partial charge in [-0.2, -0.15) is 18.4 Å². The summed E-state index contributed by atoms with van der Waals surface area (Å²) in [5.41, 5.74) is -1.41. The number of carbonyl (C=O) groups is 1. The summed E-state index contributed by atoms with van der Waals surface area (Å²) in [7, 11) is 3.20. The zero-order valence-corrected chi connectivity index (χ0v) is 11.9. The van der Waals surface area contributed by atoms with Gasteiger partial charge in [-0.1, -0.05) is 11.6 Å². The standard InChI is InChI=1S/C13H11ClF3N3O/c1-20(2)7-8(6-18)12(21)19-11-5-9(13(15,16)17)3-4-10(11)14/h3-5,7H,1-2H3,(H,19,21)/b8-7-. The van der Waals surface area contributed by atoms with Crippen molar-refractivity contribution < 1.29 is 18.0 Å². The quantitative estimate of drug-likeness (QED) is 0.687. The first-order valence-electron chi connectivity index (χ1n) is 5.61. The number of amides is 1. The first-order chi connectivity index (χ1) is 9.65. The molecule has 0 unspecified atom stereocenters. The summed E-state index contributed by atoms with van der Waals surface area (Å²) in [6.45, 7) is 0. The summed E-state index contributed by atoms with van der Waals surface area (Å²) in [6, 6.07) is 4.21. The maximum absolute atomic E-state index is 12.6. The van der Waals surface area contributed by atoms with Crippen molar-refractivity contribution in [3.63, 3.8) is 0 Å². The average molecular weight is 318 g/mol. The molecule has 0 fully saturated rings. The van der Waals surface area contributed by atoms with E-state index in [-0.39, 0.29) is 16.3 Å². The Balaban J connectivity index is 3.08. The second-order valence-corrected chi connectivity index (χ2v) is 4.67. The normalized spacial score (nSPS) is 11.8. The number of nitrogens with zero attached hydrogens (tertiary/aromatic N) is 2. The van der Waals surface area contributed by atoms with Crippen LogP contribution in [0.2, 0.25) is 5.02 Å². The molecule has 0 spiro atoms. The SMILES string of the molecule is CN(C)/C=C(/C#N)C(=O)Nc1cc(C(F)(F)F)ccc1Cl. The van der Waals surface area contributed by atoms with Gasteiger partial charge in [-0.05, 0) is 18.2 Å². The number of benzene rings is 1. The van der Waals surface area contributed by atoms with Crippen molar-refractivity contribution in [2.75, 3.05) is 19.4 Å². The third-order valence-corrected chi connectivity index (χ3v) is 2.62. The Bertz CT molecular complexity index is 618. The summed E-state index contributed by atoms with van der Waals surface area (Å²) >= 11 is 5.75. The Morgan fingerprint density at radius 3 is 2.52 bits per heavy atom. The number of alkyl halides is 3. The van der Waals surface area contributed by atoms with Crippen LogP contribution in [0.3, 0.4) is 0 Å². The van der Waals surface area contributed by atoms with Crippen molar-refractivity contribution in [1.29, 1.82) is 5.26 Å². The zero-order valence-electron chi connectivity index (χ0n) is 11.1. The van der Waals surface area contributed by atoms with Crippen molar-refractivity contribution in [1.82, 2.24) is 4.90 Å². The van der Waals surface area contributed by atoms with E-state index in [1.807, 2.05) is 0 Å². The molecule has 1 aromatic carbocycles. The fraction of sp³-hybridized carbons (Fsp3) is 0.231. The highest BCUT2D eigenvalue weighted by atomic mass is 35.5. The molecule has 0 heterocycles. The summed E-state index contributed by atoms with van der Waals surface area (Å²) in [5, 5.41) is 11.0. The first-order valence-corrected chi connectivity index (χ1v) is 5.99. The van der Waals surface area contributed by atoms with E-state index < -0.39 is 17.6 Å². The highest BCUT2D eigenvalue weighted by molar-refractivity contribution is 6.34. The van der Waals surface area contributed by atoms with Crippen LogP contribution < -0.4 is 5.32 Å². The molecule has 112 valence electrons. The number of nitriles is 1. The van der Waals surface area contributed by atoms with Gasteiger partial charge < -0.3 is 10.2 Å². The molecule has 0 bridgehead atoms. The first kappa shape index (κ1) is 16.9. The van der Waals surface area contributed by atoms with Gasteiger partial charge in [-0.25, -0.2) is 0 Å². The molecule has 1 rings (SSSR count). The predicted octanol–water partition coefficient (Wildman–Crippen LogP) is 3.27. The number of rotatable bonds is 3. The third kappa shape index (κ3) is 4.68. The van der Waals surface area contributed by atoms with E-state index in [4.69, 9.17) is 16.9 Å². The maximum atomic E-state index is 12.6. The van der Waals surface area contributed by atoms with E-state index in [2.05, 4.69) is 5.32 Å². The van der Waals surface area contributed by atoms with Crippen LogP contribution in [-0.4, -0.2) is 24.9 Å². The van der Waals surface area contributed by atoms with Gasteiger partial charge in [0.1, 0.15) is 11.6 Å². The number of halogens is 4.